The van der Waals surface area contributed by atoms with Gasteiger partial charge in [-0.05, 0) is 67.5 Å². The molecule has 0 saturated carbocycles. The van der Waals surface area contributed by atoms with Gasteiger partial charge in [-0.25, -0.2) is 0 Å². The molecule has 6 heteroatoms. The summed E-state index contributed by atoms with van der Waals surface area (Å²) in [7, 11) is 0. The number of ketones is 1. The maximum absolute atomic E-state index is 13.3. The number of aromatic amines is 1. The van der Waals surface area contributed by atoms with Crippen LogP contribution in [0.5, 0.6) is 0 Å². The second-order valence-electron chi connectivity index (χ2n) is 8.89. The molecule has 1 amide bonds. The number of hydrogen-bond acceptors (Lipinski definition) is 4. The first-order chi connectivity index (χ1) is 16.4. The highest BCUT2D eigenvalue weighted by Crippen LogP contribution is 2.43. The molecular weight excluding hydrogens is 444 g/mol. The minimum atomic E-state index is -0.630. The fourth-order valence-electron chi connectivity index (χ4n) is 4.76. The van der Waals surface area contributed by atoms with Gasteiger partial charge < -0.3 is 15.0 Å². The molecule has 2 N–H and O–H groups in total. The van der Waals surface area contributed by atoms with Gasteiger partial charge in [0, 0.05) is 34.1 Å². The van der Waals surface area contributed by atoms with Crippen molar-refractivity contribution in [3.8, 4) is 0 Å². The molecule has 1 fully saturated rings. The van der Waals surface area contributed by atoms with Gasteiger partial charge >= 0.3 is 0 Å². The first-order valence-electron chi connectivity index (χ1n) is 11.3. The molecule has 0 spiro atoms. The highest BCUT2D eigenvalue weighted by Gasteiger charge is 2.47. The summed E-state index contributed by atoms with van der Waals surface area (Å²) >= 11 is 1.51. The molecule has 1 atom stereocenters. The van der Waals surface area contributed by atoms with Gasteiger partial charge in [0.05, 0.1) is 11.6 Å². The number of aromatic nitrogens is 1. The van der Waals surface area contributed by atoms with Gasteiger partial charge in [-0.1, -0.05) is 35.9 Å². The lowest BCUT2D eigenvalue weighted by molar-refractivity contribution is -0.139. The minimum Gasteiger partial charge on any atom is -0.507 e. The van der Waals surface area contributed by atoms with E-state index in [0.29, 0.717) is 18.5 Å². The van der Waals surface area contributed by atoms with Crippen LogP contribution in [0.1, 0.15) is 38.7 Å². The summed E-state index contributed by atoms with van der Waals surface area (Å²) in [6.45, 7) is 6.19. The van der Waals surface area contributed by atoms with Crippen LogP contribution in [-0.2, 0) is 16.0 Å². The molecule has 0 radical (unpaired) electrons. The van der Waals surface area contributed by atoms with Crippen molar-refractivity contribution in [2.24, 2.45) is 0 Å². The number of thiophene rings is 1. The van der Waals surface area contributed by atoms with Crippen LogP contribution in [0.25, 0.3) is 16.7 Å². The van der Waals surface area contributed by atoms with E-state index in [4.69, 9.17) is 0 Å². The van der Waals surface area contributed by atoms with Crippen LogP contribution in [0.2, 0.25) is 0 Å². The van der Waals surface area contributed by atoms with E-state index in [1.807, 2.05) is 74.8 Å². The lowest BCUT2D eigenvalue weighted by atomic mass is 9.95. The molecule has 5 nitrogen and oxygen atoms in total. The summed E-state index contributed by atoms with van der Waals surface area (Å²) in [4.78, 5) is 32.4. The molecule has 1 saturated heterocycles. The Morgan fingerprint density at radius 3 is 2.62 bits per heavy atom. The van der Waals surface area contributed by atoms with E-state index in [1.54, 1.807) is 4.90 Å². The van der Waals surface area contributed by atoms with Crippen molar-refractivity contribution in [2.45, 2.75) is 33.2 Å². The van der Waals surface area contributed by atoms with Crippen molar-refractivity contribution in [3.05, 3.63) is 98.4 Å². The summed E-state index contributed by atoms with van der Waals surface area (Å²) in [5.74, 6) is -1.30. The number of aliphatic hydroxyl groups is 1. The SMILES string of the molecule is Cc1ccc(C)c(/C(O)=C2/C(=O)C(=O)N(CCc3c[nH]c4ccccc34)C2c2sccc2C)c1. The van der Waals surface area contributed by atoms with Gasteiger partial charge in [0.15, 0.2) is 0 Å². The lowest BCUT2D eigenvalue weighted by Gasteiger charge is -2.25. The normalized spacial score (nSPS) is 17.7. The van der Waals surface area contributed by atoms with Crippen LogP contribution < -0.4 is 0 Å². The molecule has 5 rings (SSSR count). The van der Waals surface area contributed by atoms with E-state index in [9.17, 15) is 14.7 Å². The standard InChI is InChI=1S/C28H26N2O3S/c1-16-8-9-17(2)21(14-16)25(31)23-24(27-18(3)11-13-34-27)30(28(33)26(23)32)12-10-19-15-29-22-7-5-4-6-20(19)22/h4-9,11,13-15,24,29,31H,10,12H2,1-3H3/b25-23-. The molecule has 0 aliphatic carbocycles. The molecule has 2 aromatic carbocycles. The van der Waals surface area contributed by atoms with E-state index >= 15 is 0 Å². The van der Waals surface area contributed by atoms with Crippen LogP contribution in [0.3, 0.4) is 0 Å². The number of aliphatic hydroxyl groups excluding tert-OH is 1. The summed E-state index contributed by atoms with van der Waals surface area (Å²) in [6, 6.07) is 15.2. The number of fused-ring (bicyclic) bond motifs is 1. The van der Waals surface area contributed by atoms with Crippen LogP contribution >= 0.6 is 11.3 Å². The van der Waals surface area contributed by atoms with E-state index < -0.39 is 17.7 Å². The average Bonchev–Trinajstić information content (AvgIpc) is 3.50. The maximum atomic E-state index is 13.3. The third kappa shape index (κ3) is 3.64. The van der Waals surface area contributed by atoms with E-state index in [-0.39, 0.29) is 11.3 Å². The second-order valence-corrected chi connectivity index (χ2v) is 9.84. The Balaban J connectivity index is 1.59. The minimum absolute atomic E-state index is 0.105. The first-order valence-corrected chi connectivity index (χ1v) is 12.2. The number of likely N-dealkylation sites (tertiary alicyclic amines) is 1. The number of nitrogens with zero attached hydrogens (tertiary/aromatic N) is 1. The smallest absolute Gasteiger partial charge is 0.295 e. The number of H-pyrrole nitrogens is 1. The van der Waals surface area contributed by atoms with Gasteiger partial charge in [0.2, 0.25) is 0 Å². The number of aryl methyl sites for hydroxylation is 3. The number of rotatable bonds is 5. The predicted octanol–water partition coefficient (Wildman–Crippen LogP) is 5.82. The number of para-hydroxylation sites is 1. The number of benzene rings is 2. The highest BCUT2D eigenvalue weighted by molar-refractivity contribution is 7.10. The van der Waals surface area contributed by atoms with Crippen LogP contribution in [0, 0.1) is 20.8 Å². The molecule has 1 unspecified atom stereocenters. The van der Waals surface area contributed by atoms with E-state index in [0.717, 1.165) is 38.0 Å². The fraction of sp³-hybridized carbons (Fsp3) is 0.214. The van der Waals surface area contributed by atoms with Gasteiger partial charge in [-0.2, -0.15) is 0 Å². The highest BCUT2D eigenvalue weighted by atomic mass is 32.1. The van der Waals surface area contributed by atoms with Gasteiger partial charge in [-0.3, -0.25) is 9.59 Å². The zero-order valence-electron chi connectivity index (χ0n) is 19.4. The number of carbonyl (C=O) groups excluding carboxylic acids is 2. The van der Waals surface area contributed by atoms with E-state index in [2.05, 4.69) is 11.1 Å². The number of nitrogens with one attached hydrogen (secondary N) is 1. The Labute approximate surface area is 202 Å². The number of carbonyl (C=O) groups is 2. The van der Waals surface area contributed by atoms with Crippen molar-refractivity contribution in [1.29, 1.82) is 0 Å². The number of amides is 1. The molecule has 0 bridgehead atoms. The monoisotopic (exact) mass is 470 g/mol. The molecule has 2 aromatic heterocycles. The summed E-state index contributed by atoms with van der Waals surface area (Å²) < 4.78 is 0. The quantitative estimate of drug-likeness (QED) is 0.219. The number of hydrogen-bond donors (Lipinski definition) is 2. The summed E-state index contributed by atoms with van der Waals surface area (Å²) in [5.41, 5.74) is 5.73. The Kier molecular flexibility index (Phi) is 5.62. The van der Waals surface area contributed by atoms with Crippen molar-refractivity contribution >= 4 is 39.7 Å². The lowest BCUT2D eigenvalue weighted by Crippen LogP contribution is -2.31. The van der Waals surface area contributed by atoms with Gasteiger partial charge in [0.25, 0.3) is 11.7 Å². The Hall–Kier alpha value is -3.64. The summed E-state index contributed by atoms with van der Waals surface area (Å²) in [5, 5.41) is 14.4. The summed E-state index contributed by atoms with van der Waals surface area (Å²) in [6.07, 6.45) is 2.56. The zero-order valence-corrected chi connectivity index (χ0v) is 20.2. The Morgan fingerprint density at radius 2 is 1.85 bits per heavy atom. The van der Waals surface area contributed by atoms with E-state index in [1.165, 1.54) is 11.3 Å². The molecule has 34 heavy (non-hydrogen) atoms. The van der Waals surface area contributed by atoms with Crippen LogP contribution in [0.4, 0.5) is 0 Å². The molecule has 172 valence electrons. The molecule has 1 aliphatic heterocycles. The van der Waals surface area contributed by atoms with Gasteiger partial charge in [-0.15, -0.1) is 11.3 Å². The predicted molar refractivity (Wildman–Crippen MR) is 136 cm³/mol. The largest absolute Gasteiger partial charge is 0.507 e. The van der Waals surface area contributed by atoms with Crippen molar-refractivity contribution in [2.75, 3.05) is 6.54 Å². The fourth-order valence-corrected chi connectivity index (χ4v) is 5.81. The van der Waals surface area contributed by atoms with Crippen LogP contribution in [0.15, 0.2) is 65.7 Å². The third-order valence-electron chi connectivity index (χ3n) is 6.64. The zero-order chi connectivity index (χ0) is 24.0. The third-order valence-corrected chi connectivity index (χ3v) is 7.71. The topological polar surface area (TPSA) is 73.4 Å². The molecule has 4 aromatic rings. The van der Waals surface area contributed by atoms with Crippen molar-refractivity contribution in [1.82, 2.24) is 9.88 Å². The molecule has 3 heterocycles. The Morgan fingerprint density at radius 1 is 1.06 bits per heavy atom. The number of Topliss-reactive ketones (excluding diaryl/α,β-unsaturated/α-hetero) is 1. The van der Waals surface area contributed by atoms with Crippen LogP contribution in [-0.4, -0.2) is 33.2 Å². The van der Waals surface area contributed by atoms with Gasteiger partial charge in [0.1, 0.15) is 5.76 Å². The first kappa shape index (κ1) is 22.2. The van der Waals surface area contributed by atoms with Crippen molar-refractivity contribution in [3.63, 3.8) is 0 Å². The molecule has 1 aliphatic rings. The average molecular weight is 471 g/mol. The van der Waals surface area contributed by atoms with Crippen molar-refractivity contribution < 1.29 is 14.7 Å². The molecular formula is C28H26N2O3S. The Bertz CT molecular complexity index is 1460. The second kappa shape index (κ2) is 8.61. The maximum Gasteiger partial charge on any atom is 0.295 e.